The summed E-state index contributed by atoms with van der Waals surface area (Å²) in [6.45, 7) is 0.629. The molecule has 4 heteroatoms. The third-order valence-corrected chi connectivity index (χ3v) is 3.31. The average molecular weight is 270 g/mol. The Bertz CT molecular complexity index is 736. The highest BCUT2D eigenvalue weighted by Gasteiger charge is 2.05. The number of ether oxygens (including phenoxy) is 1. The maximum Gasteiger partial charge on any atom is 0.167 e. The summed E-state index contributed by atoms with van der Waals surface area (Å²) >= 11 is 0. The molecule has 0 saturated heterocycles. The Hall–Kier alpha value is -2.49. The summed E-state index contributed by atoms with van der Waals surface area (Å²) in [6.07, 6.45) is 1.92. The standard InChI is InChI=1S/C16H15FN2O/c1-20-15-6-5-13(9-14(15)17)19-10-12-4-2-3-11-7-8-18-16(11)12/h2-9,18-19H,10H2,1H3. The Kier molecular flexibility index (Phi) is 3.29. The van der Waals surface area contributed by atoms with Crippen LogP contribution in [0.5, 0.6) is 5.75 Å². The quantitative estimate of drug-likeness (QED) is 0.753. The zero-order valence-corrected chi connectivity index (χ0v) is 11.1. The minimum Gasteiger partial charge on any atom is -0.494 e. The summed E-state index contributed by atoms with van der Waals surface area (Å²) < 4.78 is 18.5. The van der Waals surface area contributed by atoms with E-state index < -0.39 is 0 Å². The van der Waals surface area contributed by atoms with Crippen LogP contribution in [0.1, 0.15) is 5.56 Å². The third-order valence-electron chi connectivity index (χ3n) is 3.31. The van der Waals surface area contributed by atoms with Gasteiger partial charge in [0.1, 0.15) is 0 Å². The molecule has 3 nitrogen and oxygen atoms in total. The minimum absolute atomic E-state index is 0.252. The van der Waals surface area contributed by atoms with Crippen LogP contribution in [0.4, 0.5) is 10.1 Å². The van der Waals surface area contributed by atoms with Crippen LogP contribution in [0.15, 0.2) is 48.7 Å². The van der Waals surface area contributed by atoms with Gasteiger partial charge in [-0.05, 0) is 29.1 Å². The van der Waals surface area contributed by atoms with Crippen molar-refractivity contribution < 1.29 is 9.13 Å². The number of rotatable bonds is 4. The molecule has 1 aromatic heterocycles. The minimum atomic E-state index is -0.365. The van der Waals surface area contributed by atoms with Gasteiger partial charge in [0.2, 0.25) is 0 Å². The number of para-hydroxylation sites is 1. The van der Waals surface area contributed by atoms with E-state index in [4.69, 9.17) is 4.74 Å². The van der Waals surface area contributed by atoms with Crippen molar-refractivity contribution in [1.82, 2.24) is 4.98 Å². The van der Waals surface area contributed by atoms with Gasteiger partial charge in [0, 0.05) is 24.5 Å². The van der Waals surface area contributed by atoms with Crippen molar-refractivity contribution >= 4 is 16.6 Å². The Morgan fingerprint density at radius 1 is 1.20 bits per heavy atom. The number of benzene rings is 2. The predicted molar refractivity (Wildman–Crippen MR) is 78.6 cm³/mol. The second-order valence-corrected chi connectivity index (χ2v) is 4.56. The van der Waals surface area contributed by atoms with Crippen molar-refractivity contribution in [3.8, 4) is 5.75 Å². The van der Waals surface area contributed by atoms with Crippen molar-refractivity contribution in [3.63, 3.8) is 0 Å². The van der Waals surface area contributed by atoms with Crippen molar-refractivity contribution in [3.05, 3.63) is 60.0 Å². The molecule has 1 heterocycles. The summed E-state index contributed by atoms with van der Waals surface area (Å²) in [4.78, 5) is 3.22. The first-order valence-electron chi connectivity index (χ1n) is 6.40. The van der Waals surface area contributed by atoms with Gasteiger partial charge in [0.05, 0.1) is 12.6 Å². The zero-order valence-electron chi connectivity index (χ0n) is 11.1. The highest BCUT2D eigenvalue weighted by molar-refractivity contribution is 5.82. The number of aromatic amines is 1. The smallest absolute Gasteiger partial charge is 0.167 e. The molecular weight excluding hydrogens is 255 g/mol. The first-order valence-corrected chi connectivity index (χ1v) is 6.40. The monoisotopic (exact) mass is 270 g/mol. The largest absolute Gasteiger partial charge is 0.494 e. The number of methoxy groups -OCH3 is 1. The van der Waals surface area contributed by atoms with Gasteiger partial charge in [0.25, 0.3) is 0 Å². The number of hydrogen-bond acceptors (Lipinski definition) is 2. The third kappa shape index (κ3) is 2.32. The molecule has 102 valence electrons. The maximum atomic E-state index is 13.6. The molecule has 20 heavy (non-hydrogen) atoms. The van der Waals surface area contributed by atoms with Gasteiger partial charge in [-0.25, -0.2) is 4.39 Å². The summed E-state index contributed by atoms with van der Waals surface area (Å²) in [5.41, 5.74) is 2.98. The summed E-state index contributed by atoms with van der Waals surface area (Å²) in [7, 11) is 1.46. The van der Waals surface area contributed by atoms with Crippen LogP contribution >= 0.6 is 0 Å². The average Bonchev–Trinajstić information content (AvgIpc) is 2.94. The second kappa shape index (κ2) is 5.25. The topological polar surface area (TPSA) is 37.0 Å². The predicted octanol–water partition coefficient (Wildman–Crippen LogP) is 3.93. The molecule has 3 aromatic rings. The molecule has 0 bridgehead atoms. The number of nitrogens with one attached hydrogen (secondary N) is 2. The lowest BCUT2D eigenvalue weighted by Gasteiger charge is -2.09. The molecule has 0 amide bonds. The van der Waals surface area contributed by atoms with Crippen LogP contribution in [0.25, 0.3) is 10.9 Å². The van der Waals surface area contributed by atoms with Crippen molar-refractivity contribution in [2.24, 2.45) is 0 Å². The Labute approximate surface area is 116 Å². The van der Waals surface area contributed by atoms with Crippen LogP contribution < -0.4 is 10.1 Å². The van der Waals surface area contributed by atoms with Crippen LogP contribution in [-0.4, -0.2) is 12.1 Å². The van der Waals surface area contributed by atoms with E-state index in [2.05, 4.69) is 16.4 Å². The number of fused-ring (bicyclic) bond motifs is 1. The fraction of sp³-hybridized carbons (Fsp3) is 0.125. The lowest BCUT2D eigenvalue weighted by atomic mass is 10.1. The van der Waals surface area contributed by atoms with E-state index >= 15 is 0 Å². The van der Waals surface area contributed by atoms with Gasteiger partial charge in [-0.3, -0.25) is 0 Å². The van der Waals surface area contributed by atoms with Gasteiger partial charge in [-0.15, -0.1) is 0 Å². The van der Waals surface area contributed by atoms with Crippen LogP contribution in [0.2, 0.25) is 0 Å². The number of halogens is 1. The van der Waals surface area contributed by atoms with E-state index in [0.717, 1.165) is 16.8 Å². The molecule has 0 aliphatic rings. The van der Waals surface area contributed by atoms with Crippen molar-refractivity contribution in [2.45, 2.75) is 6.54 Å². The molecule has 0 spiro atoms. The van der Waals surface area contributed by atoms with E-state index in [1.54, 1.807) is 12.1 Å². The van der Waals surface area contributed by atoms with Gasteiger partial charge in [0.15, 0.2) is 11.6 Å². The van der Waals surface area contributed by atoms with Gasteiger partial charge in [-0.1, -0.05) is 18.2 Å². The molecule has 0 saturated carbocycles. The number of anilines is 1. The van der Waals surface area contributed by atoms with E-state index in [0.29, 0.717) is 6.54 Å². The molecule has 0 aliphatic heterocycles. The maximum absolute atomic E-state index is 13.6. The van der Waals surface area contributed by atoms with E-state index in [9.17, 15) is 4.39 Å². The van der Waals surface area contributed by atoms with E-state index in [1.165, 1.54) is 18.6 Å². The molecule has 0 atom stereocenters. The first-order chi connectivity index (χ1) is 9.78. The lowest BCUT2D eigenvalue weighted by Crippen LogP contribution is -2.01. The molecule has 0 aliphatic carbocycles. The van der Waals surface area contributed by atoms with Crippen molar-refractivity contribution in [1.29, 1.82) is 0 Å². The van der Waals surface area contributed by atoms with Crippen LogP contribution in [0.3, 0.4) is 0 Å². The fourth-order valence-electron chi connectivity index (χ4n) is 2.27. The summed E-state index contributed by atoms with van der Waals surface area (Å²) in [5.74, 6) is -0.113. The Balaban J connectivity index is 1.79. The molecule has 2 N–H and O–H groups in total. The summed E-state index contributed by atoms with van der Waals surface area (Å²) in [6, 6.07) is 13.0. The molecule has 3 rings (SSSR count). The molecule has 0 fully saturated rings. The zero-order chi connectivity index (χ0) is 13.9. The molecule has 2 aromatic carbocycles. The normalized spacial score (nSPS) is 10.7. The van der Waals surface area contributed by atoms with Gasteiger partial charge >= 0.3 is 0 Å². The Morgan fingerprint density at radius 3 is 2.90 bits per heavy atom. The number of aromatic nitrogens is 1. The van der Waals surface area contributed by atoms with E-state index in [-0.39, 0.29) is 11.6 Å². The number of H-pyrrole nitrogens is 1. The van der Waals surface area contributed by atoms with Gasteiger partial charge < -0.3 is 15.0 Å². The summed E-state index contributed by atoms with van der Waals surface area (Å²) in [5, 5.41) is 4.39. The molecule has 0 unspecified atom stereocenters. The fourth-order valence-corrected chi connectivity index (χ4v) is 2.27. The molecular formula is C16H15FN2O. The lowest BCUT2D eigenvalue weighted by molar-refractivity contribution is 0.386. The van der Waals surface area contributed by atoms with E-state index in [1.807, 2.05) is 24.4 Å². The highest BCUT2D eigenvalue weighted by atomic mass is 19.1. The second-order valence-electron chi connectivity index (χ2n) is 4.56. The van der Waals surface area contributed by atoms with Crippen LogP contribution in [0, 0.1) is 5.82 Å². The SMILES string of the molecule is COc1ccc(NCc2cccc3cc[nH]c23)cc1F. The number of hydrogen-bond donors (Lipinski definition) is 2. The highest BCUT2D eigenvalue weighted by Crippen LogP contribution is 2.22. The van der Waals surface area contributed by atoms with Gasteiger partial charge in [-0.2, -0.15) is 0 Å². The molecule has 0 radical (unpaired) electrons. The Morgan fingerprint density at radius 2 is 2.10 bits per heavy atom. The first kappa shape index (κ1) is 12.5. The van der Waals surface area contributed by atoms with Crippen LogP contribution in [-0.2, 0) is 6.54 Å². The van der Waals surface area contributed by atoms with Crippen molar-refractivity contribution in [2.75, 3.05) is 12.4 Å².